The Kier molecular flexibility index (Phi) is 7.89. The number of esters is 2. The Balaban J connectivity index is 0.00000529. The van der Waals surface area contributed by atoms with Crippen molar-refractivity contribution in [1.29, 1.82) is 0 Å². The molecule has 1 atom stereocenters. The minimum absolute atomic E-state index is 0. The maximum Gasteiger partial charge on any atom is 0.337 e. The summed E-state index contributed by atoms with van der Waals surface area (Å²) in [6.45, 7) is 5.51. The molecule has 0 aliphatic rings. The van der Waals surface area contributed by atoms with E-state index in [9.17, 15) is 14.4 Å². The van der Waals surface area contributed by atoms with E-state index in [0.29, 0.717) is 0 Å². The molecule has 0 bridgehead atoms. The molecule has 0 saturated carbocycles. The van der Waals surface area contributed by atoms with Crippen molar-refractivity contribution in [3.63, 3.8) is 0 Å². The van der Waals surface area contributed by atoms with E-state index in [4.69, 9.17) is 5.73 Å². The van der Waals surface area contributed by atoms with Gasteiger partial charge in [-0.05, 0) is 23.6 Å². The largest absolute Gasteiger partial charge is 0.465 e. The molecule has 0 unspecified atom stereocenters. The molecule has 0 heterocycles. The van der Waals surface area contributed by atoms with E-state index >= 15 is 0 Å². The fourth-order valence-corrected chi connectivity index (χ4v) is 1.78. The number of hydrogen-bond donors (Lipinski definition) is 2. The van der Waals surface area contributed by atoms with Crippen LogP contribution in [0.15, 0.2) is 18.2 Å². The van der Waals surface area contributed by atoms with E-state index < -0.39 is 29.3 Å². The molecule has 0 saturated heterocycles. The Hall–Kier alpha value is -2.12. The van der Waals surface area contributed by atoms with Crippen molar-refractivity contribution >= 4 is 35.9 Å². The number of ether oxygens (including phenoxy) is 2. The van der Waals surface area contributed by atoms with E-state index in [1.54, 1.807) is 0 Å². The molecule has 134 valence electrons. The number of nitrogens with two attached hydrogens (primary N) is 1. The van der Waals surface area contributed by atoms with E-state index in [2.05, 4.69) is 14.8 Å². The number of nitrogens with one attached hydrogen (secondary N) is 1. The molecule has 0 aliphatic carbocycles. The van der Waals surface area contributed by atoms with Crippen molar-refractivity contribution in [1.82, 2.24) is 0 Å². The maximum atomic E-state index is 12.2. The molecule has 0 fully saturated rings. The van der Waals surface area contributed by atoms with Crippen LogP contribution in [0.3, 0.4) is 0 Å². The number of carbonyl (C=O) groups excluding carboxylic acids is 3. The van der Waals surface area contributed by atoms with Crippen LogP contribution in [-0.4, -0.2) is 38.1 Å². The first-order valence-corrected chi connectivity index (χ1v) is 6.98. The average molecular weight is 359 g/mol. The first-order chi connectivity index (χ1) is 10.6. The summed E-state index contributed by atoms with van der Waals surface area (Å²) in [6, 6.07) is 3.39. The molecular weight excluding hydrogens is 336 g/mol. The SMILES string of the molecule is COC(=O)c1cc(NC(=O)[C@@H](N)C(C)(C)C)cc(C(=O)OC)c1.Cl. The Morgan fingerprint density at radius 2 is 1.42 bits per heavy atom. The second-order valence-electron chi connectivity index (χ2n) is 6.12. The van der Waals surface area contributed by atoms with Gasteiger partial charge in [-0.25, -0.2) is 9.59 Å². The number of halogens is 1. The number of amides is 1. The van der Waals surface area contributed by atoms with Gasteiger partial charge >= 0.3 is 11.9 Å². The smallest absolute Gasteiger partial charge is 0.337 e. The fourth-order valence-electron chi connectivity index (χ4n) is 1.78. The number of methoxy groups -OCH3 is 2. The van der Waals surface area contributed by atoms with Crippen molar-refractivity contribution in [3.8, 4) is 0 Å². The van der Waals surface area contributed by atoms with Gasteiger partial charge in [-0.1, -0.05) is 20.8 Å². The standard InChI is InChI=1S/C16H22N2O5.ClH/c1-16(2,3)12(17)13(19)18-11-7-9(14(20)22-4)6-10(8-11)15(21)23-5;/h6-8,12H,17H2,1-5H3,(H,18,19);1H/t12-;/m1./s1. The van der Waals surface area contributed by atoms with Crippen molar-refractivity contribution in [2.45, 2.75) is 26.8 Å². The average Bonchev–Trinajstić information content (AvgIpc) is 2.51. The summed E-state index contributed by atoms with van der Waals surface area (Å²) in [4.78, 5) is 35.6. The highest BCUT2D eigenvalue weighted by Gasteiger charge is 2.27. The molecule has 0 aliphatic heterocycles. The summed E-state index contributed by atoms with van der Waals surface area (Å²) in [5.41, 5.74) is 5.96. The van der Waals surface area contributed by atoms with Gasteiger partial charge in [0.25, 0.3) is 0 Å². The lowest BCUT2D eigenvalue weighted by molar-refractivity contribution is -0.119. The summed E-state index contributed by atoms with van der Waals surface area (Å²) in [7, 11) is 2.45. The summed E-state index contributed by atoms with van der Waals surface area (Å²) in [6.07, 6.45) is 0. The zero-order valence-electron chi connectivity index (χ0n) is 14.3. The molecule has 8 heteroatoms. The summed E-state index contributed by atoms with van der Waals surface area (Å²) in [5, 5.41) is 2.61. The highest BCUT2D eigenvalue weighted by molar-refractivity contribution is 6.00. The monoisotopic (exact) mass is 358 g/mol. The minimum atomic E-state index is -0.758. The topological polar surface area (TPSA) is 108 Å². The van der Waals surface area contributed by atoms with Crippen LogP contribution < -0.4 is 11.1 Å². The van der Waals surface area contributed by atoms with Gasteiger partial charge in [0, 0.05) is 5.69 Å². The lowest BCUT2D eigenvalue weighted by Crippen LogP contribution is -2.45. The van der Waals surface area contributed by atoms with Crippen LogP contribution in [0.4, 0.5) is 5.69 Å². The van der Waals surface area contributed by atoms with E-state index in [1.165, 1.54) is 32.4 Å². The second-order valence-corrected chi connectivity index (χ2v) is 6.12. The molecule has 7 nitrogen and oxygen atoms in total. The van der Waals surface area contributed by atoms with E-state index in [1.807, 2.05) is 20.8 Å². The molecule has 0 aromatic heterocycles. The van der Waals surface area contributed by atoms with Crippen LogP contribution >= 0.6 is 12.4 Å². The number of benzene rings is 1. The number of anilines is 1. The Morgan fingerprint density at radius 3 is 1.75 bits per heavy atom. The van der Waals surface area contributed by atoms with Crippen LogP contribution in [0, 0.1) is 5.41 Å². The first kappa shape index (κ1) is 21.9. The highest BCUT2D eigenvalue weighted by Crippen LogP contribution is 2.21. The lowest BCUT2D eigenvalue weighted by atomic mass is 9.87. The third-order valence-electron chi connectivity index (χ3n) is 3.26. The Morgan fingerprint density at radius 1 is 1.00 bits per heavy atom. The molecule has 1 amide bonds. The molecule has 24 heavy (non-hydrogen) atoms. The van der Waals surface area contributed by atoms with Gasteiger partial charge in [0.2, 0.25) is 5.91 Å². The van der Waals surface area contributed by atoms with Gasteiger partial charge in [0.05, 0.1) is 31.4 Å². The lowest BCUT2D eigenvalue weighted by Gasteiger charge is -2.25. The molecule has 1 aromatic carbocycles. The zero-order valence-corrected chi connectivity index (χ0v) is 15.2. The van der Waals surface area contributed by atoms with Crippen molar-refractivity contribution in [2.75, 3.05) is 19.5 Å². The quantitative estimate of drug-likeness (QED) is 0.797. The van der Waals surface area contributed by atoms with Gasteiger partial charge in [0.1, 0.15) is 0 Å². The first-order valence-electron chi connectivity index (χ1n) is 6.98. The third kappa shape index (κ3) is 5.50. The molecule has 1 rings (SSSR count). The molecular formula is C16H23ClN2O5. The van der Waals surface area contributed by atoms with Gasteiger partial charge < -0.3 is 20.5 Å². The minimum Gasteiger partial charge on any atom is -0.465 e. The summed E-state index contributed by atoms with van der Waals surface area (Å²) in [5.74, 6) is -1.69. The summed E-state index contributed by atoms with van der Waals surface area (Å²) < 4.78 is 9.28. The molecule has 1 aromatic rings. The van der Waals surface area contributed by atoms with Crippen LogP contribution in [-0.2, 0) is 14.3 Å². The molecule has 3 N–H and O–H groups in total. The maximum absolute atomic E-state index is 12.2. The zero-order chi connectivity index (χ0) is 17.8. The van der Waals surface area contributed by atoms with Crippen LogP contribution in [0.25, 0.3) is 0 Å². The van der Waals surface area contributed by atoms with Gasteiger partial charge in [-0.2, -0.15) is 0 Å². The molecule has 0 radical (unpaired) electrons. The van der Waals surface area contributed by atoms with Crippen molar-refractivity contribution in [2.24, 2.45) is 11.1 Å². The van der Waals surface area contributed by atoms with Crippen LogP contribution in [0.1, 0.15) is 41.5 Å². The van der Waals surface area contributed by atoms with E-state index in [0.717, 1.165) is 0 Å². The number of rotatable bonds is 4. The number of hydrogen-bond acceptors (Lipinski definition) is 6. The predicted octanol–water partition coefficient (Wildman–Crippen LogP) is 1.99. The predicted molar refractivity (Wildman–Crippen MR) is 92.4 cm³/mol. The van der Waals surface area contributed by atoms with E-state index in [-0.39, 0.29) is 29.2 Å². The summed E-state index contributed by atoms with van der Waals surface area (Å²) >= 11 is 0. The highest BCUT2D eigenvalue weighted by atomic mass is 35.5. The van der Waals surface area contributed by atoms with Gasteiger partial charge in [0.15, 0.2) is 0 Å². The van der Waals surface area contributed by atoms with Crippen molar-refractivity contribution in [3.05, 3.63) is 29.3 Å². The molecule has 0 spiro atoms. The Labute approximate surface area is 147 Å². The van der Waals surface area contributed by atoms with Crippen molar-refractivity contribution < 1.29 is 23.9 Å². The fraction of sp³-hybridized carbons (Fsp3) is 0.438. The Bertz CT molecular complexity index is 591. The van der Waals surface area contributed by atoms with Gasteiger partial charge in [-0.3, -0.25) is 4.79 Å². The number of carbonyl (C=O) groups is 3. The third-order valence-corrected chi connectivity index (χ3v) is 3.26. The van der Waals surface area contributed by atoms with Gasteiger partial charge in [-0.15, -0.1) is 12.4 Å². The second kappa shape index (κ2) is 8.65. The van der Waals surface area contributed by atoms with Crippen LogP contribution in [0.2, 0.25) is 0 Å². The normalized spacial score (nSPS) is 11.8. The van der Waals surface area contributed by atoms with Crippen LogP contribution in [0.5, 0.6) is 0 Å².